The van der Waals surface area contributed by atoms with E-state index in [1.165, 1.54) is 7.11 Å². The second-order valence-electron chi connectivity index (χ2n) is 4.19. The lowest BCUT2D eigenvalue weighted by molar-refractivity contribution is -0.111. The molecule has 2 N–H and O–H groups in total. The van der Waals surface area contributed by atoms with Gasteiger partial charge in [-0.3, -0.25) is 0 Å². The van der Waals surface area contributed by atoms with Crippen molar-refractivity contribution in [1.29, 1.82) is 0 Å². The predicted molar refractivity (Wildman–Crippen MR) is 55.8 cm³/mol. The summed E-state index contributed by atoms with van der Waals surface area (Å²) in [6.07, 6.45) is -1.53. The van der Waals surface area contributed by atoms with Gasteiger partial charge in [-0.1, -0.05) is 0 Å². The number of hydrogen-bond acceptors (Lipinski definition) is 5. The van der Waals surface area contributed by atoms with E-state index < -0.39 is 23.8 Å². The fraction of sp³-hybridized carbons (Fsp3) is 1.00. The lowest BCUT2D eigenvalue weighted by atomic mass is 9.89. The molecule has 1 heterocycles. The van der Waals surface area contributed by atoms with Crippen LogP contribution in [0.4, 0.5) is 0 Å². The first-order valence-electron chi connectivity index (χ1n) is 4.86. The number of likely N-dealkylation sites (N-methyl/N-ethyl adjacent to an activating group) is 1. The largest absolute Gasteiger partial charge is 0.393 e. The molecule has 0 saturated carbocycles. The van der Waals surface area contributed by atoms with Gasteiger partial charge in [0.1, 0.15) is 25.7 Å². The molecule has 0 aromatic carbocycles. The summed E-state index contributed by atoms with van der Waals surface area (Å²) < 4.78 is 10.5. The van der Waals surface area contributed by atoms with E-state index in [-0.39, 0.29) is 6.61 Å². The van der Waals surface area contributed by atoms with Gasteiger partial charge in [0.25, 0.3) is 0 Å². The Bertz CT molecular complexity index is 216. The Hall–Kier alpha value is -0.135. The molecule has 6 heteroatoms. The molecule has 0 aliphatic carbocycles. The molecule has 0 bridgehead atoms. The number of rotatable bonds is 4. The fourth-order valence-corrected chi connectivity index (χ4v) is 2.00. The van der Waals surface area contributed by atoms with Crippen LogP contribution in [0.3, 0.4) is 0 Å². The summed E-state index contributed by atoms with van der Waals surface area (Å²) in [5.41, 5.74) is -1.05. The van der Waals surface area contributed by atoms with Gasteiger partial charge < -0.3 is 24.6 Å². The molecule has 0 unspecified atom stereocenters. The Morgan fingerprint density at radius 1 is 1.53 bits per heavy atom. The Labute approximate surface area is 91.4 Å². The van der Waals surface area contributed by atoms with Crippen molar-refractivity contribution in [2.24, 2.45) is 0 Å². The van der Waals surface area contributed by atoms with Gasteiger partial charge in [0, 0.05) is 19.7 Å². The smallest absolute Gasteiger partial charge is 0.131 e. The molecule has 1 saturated heterocycles. The van der Waals surface area contributed by atoms with Crippen molar-refractivity contribution in [3.05, 3.63) is 0 Å². The van der Waals surface area contributed by atoms with E-state index in [1.807, 2.05) is 19.0 Å². The molecule has 1 rings (SSSR count). The van der Waals surface area contributed by atoms with Gasteiger partial charge in [-0.25, -0.2) is 0 Å². The van der Waals surface area contributed by atoms with Crippen molar-refractivity contribution in [2.45, 2.75) is 23.8 Å². The molecule has 1 aliphatic heterocycles. The normalized spacial score (nSPS) is 41.3. The number of hydrogen-bond donors (Lipinski definition) is 2. The topological polar surface area (TPSA) is 62.2 Å². The van der Waals surface area contributed by atoms with Crippen LogP contribution in [-0.2, 0) is 9.47 Å². The van der Waals surface area contributed by atoms with E-state index in [2.05, 4.69) is 0 Å². The zero-order valence-corrected chi connectivity index (χ0v) is 9.38. The van der Waals surface area contributed by atoms with Gasteiger partial charge in [-0.2, -0.15) is 0 Å². The minimum absolute atomic E-state index is 0.292. The second-order valence-corrected chi connectivity index (χ2v) is 4.19. The van der Waals surface area contributed by atoms with Crippen molar-refractivity contribution in [3.8, 4) is 0 Å². The van der Waals surface area contributed by atoms with E-state index in [9.17, 15) is 10.2 Å². The first-order chi connectivity index (χ1) is 6.96. The van der Waals surface area contributed by atoms with Gasteiger partial charge in [0.05, 0.1) is 6.61 Å². The van der Waals surface area contributed by atoms with Crippen LogP contribution in [0.1, 0.15) is 0 Å². The molecule has 15 heavy (non-hydrogen) atoms. The van der Waals surface area contributed by atoms with Crippen LogP contribution in [-0.4, -0.2) is 81.1 Å². The van der Waals surface area contributed by atoms with Crippen LogP contribution in [0.2, 0.25) is 0 Å². The summed E-state index contributed by atoms with van der Waals surface area (Å²) in [5, 5.41) is 19.3. The summed E-state index contributed by atoms with van der Waals surface area (Å²) in [7, 11) is 10.8. The molecule has 0 aromatic rings. The van der Waals surface area contributed by atoms with Crippen LogP contribution >= 0.6 is 0 Å². The lowest BCUT2D eigenvalue weighted by Crippen LogP contribution is -2.53. The first-order valence-corrected chi connectivity index (χ1v) is 4.86. The predicted octanol–water partition coefficient (Wildman–Crippen LogP) is -1.82. The first kappa shape index (κ1) is 12.9. The molecule has 2 radical (unpaired) electrons. The third kappa shape index (κ3) is 2.34. The summed E-state index contributed by atoms with van der Waals surface area (Å²) in [5.74, 6) is 0. The van der Waals surface area contributed by atoms with Crippen LogP contribution in [0.25, 0.3) is 0 Å². The average molecular weight is 215 g/mol. The third-order valence-electron chi connectivity index (χ3n) is 2.67. The molecule has 86 valence electrons. The van der Waals surface area contributed by atoms with Crippen LogP contribution in [0.5, 0.6) is 0 Å². The van der Waals surface area contributed by atoms with Crippen LogP contribution in [0.15, 0.2) is 0 Å². The summed E-state index contributed by atoms with van der Waals surface area (Å²) in [4.78, 5) is 1.82. The third-order valence-corrected chi connectivity index (χ3v) is 2.67. The molecule has 0 aromatic heterocycles. The Morgan fingerprint density at radius 2 is 2.13 bits per heavy atom. The van der Waals surface area contributed by atoms with E-state index in [4.69, 9.17) is 17.3 Å². The maximum absolute atomic E-state index is 10.0. The highest BCUT2D eigenvalue weighted by molar-refractivity contribution is 6.11. The van der Waals surface area contributed by atoms with Gasteiger partial charge >= 0.3 is 0 Å². The Morgan fingerprint density at radius 3 is 2.47 bits per heavy atom. The molecule has 0 amide bonds. The van der Waals surface area contributed by atoms with Gasteiger partial charge in [-0.05, 0) is 14.1 Å². The van der Waals surface area contributed by atoms with E-state index in [0.717, 1.165) is 0 Å². The zero-order valence-electron chi connectivity index (χ0n) is 9.38. The number of nitrogens with zero attached hydrogens (tertiary/aromatic N) is 1. The molecule has 4 atom stereocenters. The van der Waals surface area contributed by atoms with Gasteiger partial charge in [0.2, 0.25) is 0 Å². The summed E-state index contributed by atoms with van der Waals surface area (Å²) >= 11 is 0. The zero-order chi connectivity index (χ0) is 11.6. The van der Waals surface area contributed by atoms with Crippen LogP contribution in [0, 0.1) is 0 Å². The Kier molecular flexibility index (Phi) is 4.14. The number of aliphatic hydroxyl groups excluding tert-OH is 2. The highest BCUT2D eigenvalue weighted by Crippen LogP contribution is 2.31. The minimum atomic E-state index is -1.05. The minimum Gasteiger partial charge on any atom is -0.393 e. The average Bonchev–Trinajstić information content (AvgIpc) is 2.38. The Balaban J connectivity index is 2.82. The van der Waals surface area contributed by atoms with E-state index in [0.29, 0.717) is 6.54 Å². The number of ether oxygens (including phenoxy) is 2. The summed E-state index contributed by atoms with van der Waals surface area (Å²) in [6, 6.07) is -0.711. The standard InChI is InChI=1S/C9H18BNO4/c1-11(2)4-9(5-12)7(13)6(14-3)8(10)15-9/h6-8,12-13H,4-5H2,1-3H3/t6-,7+,8-,9-/m1/s1. The number of methoxy groups -OCH3 is 1. The molecular weight excluding hydrogens is 197 g/mol. The second kappa shape index (κ2) is 4.80. The number of aliphatic hydroxyl groups is 2. The van der Waals surface area contributed by atoms with E-state index in [1.54, 1.807) is 0 Å². The molecule has 0 spiro atoms. The SMILES string of the molecule is [B][C@@H]1O[C@@](CO)(CN(C)C)[C@@H](O)[C@H]1OC. The summed E-state index contributed by atoms with van der Waals surface area (Å²) in [6.45, 7) is 0.0954. The fourth-order valence-electron chi connectivity index (χ4n) is 2.00. The highest BCUT2D eigenvalue weighted by atomic mass is 16.6. The molecule has 1 fully saturated rings. The molecular formula is C9H18BNO4. The van der Waals surface area contributed by atoms with Crippen LogP contribution < -0.4 is 0 Å². The van der Waals surface area contributed by atoms with Crippen molar-refractivity contribution in [1.82, 2.24) is 4.90 Å². The quantitative estimate of drug-likeness (QED) is 0.540. The van der Waals surface area contributed by atoms with Crippen molar-refractivity contribution in [2.75, 3.05) is 34.4 Å². The lowest BCUT2D eigenvalue weighted by Gasteiger charge is -2.33. The van der Waals surface area contributed by atoms with Gasteiger partial charge in [0.15, 0.2) is 0 Å². The molecule has 1 aliphatic rings. The van der Waals surface area contributed by atoms with Crippen molar-refractivity contribution in [3.63, 3.8) is 0 Å². The van der Waals surface area contributed by atoms with E-state index >= 15 is 0 Å². The van der Waals surface area contributed by atoms with Crippen molar-refractivity contribution < 1.29 is 19.7 Å². The monoisotopic (exact) mass is 215 g/mol. The highest BCUT2D eigenvalue weighted by Gasteiger charge is 2.52. The molecule has 5 nitrogen and oxygen atoms in total. The van der Waals surface area contributed by atoms with Crippen molar-refractivity contribution >= 4 is 7.85 Å². The maximum atomic E-state index is 10.0. The maximum Gasteiger partial charge on any atom is 0.131 e. The van der Waals surface area contributed by atoms with Gasteiger partial charge in [-0.15, -0.1) is 0 Å².